The molecule has 0 spiro atoms. The van der Waals surface area contributed by atoms with Gasteiger partial charge in [0.15, 0.2) is 5.69 Å². The molecule has 0 aliphatic carbocycles. The fraction of sp³-hybridized carbons (Fsp3) is 0.467. The van der Waals surface area contributed by atoms with Gasteiger partial charge in [0.05, 0.1) is 5.52 Å². The first-order valence-corrected chi connectivity index (χ1v) is 7.09. The minimum atomic E-state index is -0.959. The monoisotopic (exact) mass is 273 g/mol. The predicted octanol–water partition coefficient (Wildman–Crippen LogP) is 2.20. The molecule has 1 unspecified atom stereocenters. The molecular weight excluding hydrogens is 254 g/mol. The van der Waals surface area contributed by atoms with Crippen molar-refractivity contribution in [3.8, 4) is 0 Å². The Bertz CT molecular complexity index is 640. The minimum absolute atomic E-state index is 0.157. The molecule has 1 saturated heterocycles. The summed E-state index contributed by atoms with van der Waals surface area (Å²) in [5, 5.41) is 12.7. The van der Waals surface area contributed by atoms with Crippen LogP contribution < -0.4 is 5.32 Å². The fourth-order valence-corrected chi connectivity index (χ4v) is 2.90. The van der Waals surface area contributed by atoms with E-state index in [0.29, 0.717) is 5.52 Å². The molecule has 3 heterocycles. The van der Waals surface area contributed by atoms with E-state index in [2.05, 4.69) is 10.3 Å². The molecule has 5 heteroatoms. The fourth-order valence-electron chi connectivity index (χ4n) is 2.90. The number of fused-ring (bicyclic) bond motifs is 1. The lowest BCUT2D eigenvalue weighted by Crippen LogP contribution is -2.20. The van der Waals surface area contributed by atoms with E-state index in [9.17, 15) is 9.90 Å². The van der Waals surface area contributed by atoms with Crippen LogP contribution in [0.5, 0.6) is 0 Å². The number of hydrogen-bond donors (Lipinski definition) is 2. The number of aromatic nitrogens is 2. The average Bonchev–Trinajstić information content (AvgIpc) is 2.60. The van der Waals surface area contributed by atoms with Crippen LogP contribution in [0.1, 0.15) is 47.1 Å². The first-order chi connectivity index (χ1) is 9.66. The van der Waals surface area contributed by atoms with Gasteiger partial charge in [0, 0.05) is 18.7 Å². The lowest BCUT2D eigenvalue weighted by Gasteiger charge is -2.13. The zero-order chi connectivity index (χ0) is 14.1. The Balaban J connectivity index is 2.13. The molecule has 1 aliphatic rings. The highest BCUT2D eigenvalue weighted by Gasteiger charge is 2.23. The SMILES string of the molecule is Cc1ccc2c(C(=O)O)nc(C3CCCCNC3)n2c1. The molecule has 0 radical (unpaired) electrons. The van der Waals surface area contributed by atoms with Crippen molar-refractivity contribution in [1.82, 2.24) is 14.7 Å². The Morgan fingerprint density at radius 1 is 1.45 bits per heavy atom. The van der Waals surface area contributed by atoms with Gasteiger partial charge in [0.25, 0.3) is 0 Å². The van der Waals surface area contributed by atoms with Crippen LogP contribution in [0.2, 0.25) is 0 Å². The van der Waals surface area contributed by atoms with Crippen LogP contribution in [-0.4, -0.2) is 33.6 Å². The first kappa shape index (κ1) is 13.1. The Hall–Kier alpha value is -1.88. The van der Waals surface area contributed by atoms with Crippen molar-refractivity contribution in [2.75, 3.05) is 13.1 Å². The van der Waals surface area contributed by atoms with Gasteiger partial charge in [-0.05, 0) is 37.9 Å². The molecule has 0 saturated carbocycles. The van der Waals surface area contributed by atoms with Crippen LogP contribution in [0.25, 0.3) is 5.52 Å². The van der Waals surface area contributed by atoms with Crippen LogP contribution in [0.15, 0.2) is 18.3 Å². The molecule has 20 heavy (non-hydrogen) atoms. The van der Waals surface area contributed by atoms with Gasteiger partial charge in [0.1, 0.15) is 5.82 Å². The molecule has 1 fully saturated rings. The number of aromatic carboxylic acids is 1. The van der Waals surface area contributed by atoms with Gasteiger partial charge in [-0.15, -0.1) is 0 Å². The Morgan fingerprint density at radius 3 is 3.10 bits per heavy atom. The smallest absolute Gasteiger partial charge is 0.356 e. The molecule has 5 nitrogen and oxygen atoms in total. The standard InChI is InChI=1S/C15H19N3O2/c1-10-5-6-12-13(15(19)20)17-14(18(12)9-10)11-4-2-3-7-16-8-11/h5-6,9,11,16H,2-4,7-8H2,1H3,(H,19,20). The molecule has 106 valence electrons. The summed E-state index contributed by atoms with van der Waals surface area (Å²) in [6.45, 7) is 3.91. The van der Waals surface area contributed by atoms with E-state index in [1.54, 1.807) is 0 Å². The summed E-state index contributed by atoms with van der Waals surface area (Å²) < 4.78 is 1.95. The van der Waals surface area contributed by atoms with Gasteiger partial charge < -0.3 is 14.8 Å². The lowest BCUT2D eigenvalue weighted by atomic mass is 10.0. The number of carboxylic acid groups (broad SMARTS) is 1. The third-order valence-corrected chi connectivity index (χ3v) is 3.93. The molecule has 1 atom stereocenters. The highest BCUT2D eigenvalue weighted by atomic mass is 16.4. The summed E-state index contributed by atoms with van der Waals surface area (Å²) in [4.78, 5) is 15.8. The van der Waals surface area contributed by atoms with Crippen LogP contribution in [0.3, 0.4) is 0 Å². The summed E-state index contributed by atoms with van der Waals surface area (Å²) in [6.07, 6.45) is 5.36. The van der Waals surface area contributed by atoms with E-state index in [4.69, 9.17) is 0 Å². The molecule has 2 aromatic rings. The number of nitrogens with zero attached hydrogens (tertiary/aromatic N) is 2. The van der Waals surface area contributed by atoms with Crippen molar-refractivity contribution in [3.05, 3.63) is 35.4 Å². The Morgan fingerprint density at radius 2 is 2.30 bits per heavy atom. The molecule has 2 N–H and O–H groups in total. The number of pyridine rings is 1. The number of hydrogen-bond acceptors (Lipinski definition) is 3. The van der Waals surface area contributed by atoms with Crippen molar-refractivity contribution >= 4 is 11.5 Å². The molecule has 0 bridgehead atoms. The first-order valence-electron chi connectivity index (χ1n) is 7.09. The summed E-state index contributed by atoms with van der Waals surface area (Å²) in [6, 6.07) is 3.78. The number of aryl methyl sites for hydroxylation is 1. The van der Waals surface area contributed by atoms with E-state index in [1.165, 1.54) is 6.42 Å². The van der Waals surface area contributed by atoms with E-state index in [1.807, 2.05) is 29.7 Å². The van der Waals surface area contributed by atoms with Crippen molar-refractivity contribution in [1.29, 1.82) is 0 Å². The minimum Gasteiger partial charge on any atom is -0.476 e. The van der Waals surface area contributed by atoms with Gasteiger partial charge in [-0.3, -0.25) is 0 Å². The van der Waals surface area contributed by atoms with Gasteiger partial charge in [-0.1, -0.05) is 12.5 Å². The zero-order valence-electron chi connectivity index (χ0n) is 11.6. The maximum Gasteiger partial charge on any atom is 0.356 e. The topological polar surface area (TPSA) is 66.6 Å². The van der Waals surface area contributed by atoms with Gasteiger partial charge >= 0.3 is 5.97 Å². The predicted molar refractivity (Wildman–Crippen MR) is 76.4 cm³/mol. The number of carboxylic acids is 1. The van der Waals surface area contributed by atoms with Gasteiger partial charge in [-0.25, -0.2) is 9.78 Å². The second-order valence-electron chi connectivity index (χ2n) is 5.48. The maximum atomic E-state index is 11.4. The highest BCUT2D eigenvalue weighted by molar-refractivity contribution is 5.93. The quantitative estimate of drug-likeness (QED) is 0.880. The van der Waals surface area contributed by atoms with Crippen LogP contribution in [0.4, 0.5) is 0 Å². The van der Waals surface area contributed by atoms with Crippen molar-refractivity contribution in [2.45, 2.75) is 32.1 Å². The zero-order valence-corrected chi connectivity index (χ0v) is 11.6. The normalized spacial score (nSPS) is 19.9. The van der Waals surface area contributed by atoms with E-state index in [-0.39, 0.29) is 11.6 Å². The third-order valence-electron chi connectivity index (χ3n) is 3.93. The van der Waals surface area contributed by atoms with Crippen molar-refractivity contribution in [2.24, 2.45) is 0 Å². The number of rotatable bonds is 2. The van der Waals surface area contributed by atoms with E-state index < -0.39 is 5.97 Å². The summed E-state index contributed by atoms with van der Waals surface area (Å²) in [5.74, 6) is 0.189. The van der Waals surface area contributed by atoms with Crippen LogP contribution in [0, 0.1) is 6.92 Å². The van der Waals surface area contributed by atoms with Crippen molar-refractivity contribution < 1.29 is 9.90 Å². The summed E-state index contributed by atoms with van der Waals surface area (Å²) in [7, 11) is 0. The van der Waals surface area contributed by atoms with Gasteiger partial charge in [0.2, 0.25) is 0 Å². The number of carbonyl (C=O) groups is 1. The Labute approximate surface area is 117 Å². The maximum absolute atomic E-state index is 11.4. The van der Waals surface area contributed by atoms with Crippen LogP contribution >= 0.6 is 0 Å². The van der Waals surface area contributed by atoms with Crippen LogP contribution in [-0.2, 0) is 0 Å². The summed E-state index contributed by atoms with van der Waals surface area (Å²) in [5.41, 5.74) is 1.95. The number of imidazole rings is 1. The number of nitrogens with one attached hydrogen (secondary N) is 1. The van der Waals surface area contributed by atoms with E-state index in [0.717, 1.165) is 37.3 Å². The lowest BCUT2D eigenvalue weighted by molar-refractivity contribution is 0.0693. The molecule has 1 aliphatic heterocycles. The molecular formula is C15H19N3O2. The molecule has 3 rings (SSSR count). The van der Waals surface area contributed by atoms with E-state index >= 15 is 0 Å². The summed E-state index contributed by atoms with van der Waals surface area (Å²) >= 11 is 0. The second-order valence-corrected chi connectivity index (χ2v) is 5.48. The molecule has 0 aromatic carbocycles. The average molecular weight is 273 g/mol. The Kier molecular flexibility index (Phi) is 3.44. The molecule has 0 amide bonds. The largest absolute Gasteiger partial charge is 0.476 e. The third kappa shape index (κ3) is 2.29. The van der Waals surface area contributed by atoms with Gasteiger partial charge in [-0.2, -0.15) is 0 Å². The molecule has 2 aromatic heterocycles. The van der Waals surface area contributed by atoms with Crippen molar-refractivity contribution in [3.63, 3.8) is 0 Å². The second kappa shape index (κ2) is 5.25. The highest BCUT2D eigenvalue weighted by Crippen LogP contribution is 2.26.